The van der Waals surface area contributed by atoms with Gasteiger partial charge in [0.25, 0.3) is 5.91 Å². The van der Waals surface area contributed by atoms with Crippen molar-refractivity contribution in [3.8, 4) is 0 Å². The SMILES string of the molecule is Nc1cc(F)c(F)cc1C(=O)Nc1ccnc(Cl)c1. The van der Waals surface area contributed by atoms with Crippen LogP contribution in [0.2, 0.25) is 5.15 Å². The van der Waals surface area contributed by atoms with E-state index in [-0.39, 0.29) is 16.4 Å². The van der Waals surface area contributed by atoms with Crippen molar-refractivity contribution >= 4 is 28.9 Å². The van der Waals surface area contributed by atoms with Gasteiger partial charge in [0.2, 0.25) is 0 Å². The molecule has 0 spiro atoms. The Bertz CT molecular complexity index is 649. The number of amides is 1. The van der Waals surface area contributed by atoms with Crippen molar-refractivity contribution in [1.82, 2.24) is 4.98 Å². The second kappa shape index (κ2) is 5.19. The summed E-state index contributed by atoms with van der Waals surface area (Å²) in [6.07, 6.45) is 1.40. The molecule has 1 aromatic heterocycles. The van der Waals surface area contributed by atoms with E-state index in [0.29, 0.717) is 5.69 Å². The Morgan fingerprint density at radius 1 is 1.26 bits per heavy atom. The molecule has 0 aliphatic rings. The molecule has 4 nitrogen and oxygen atoms in total. The van der Waals surface area contributed by atoms with Crippen LogP contribution in [0.1, 0.15) is 10.4 Å². The minimum atomic E-state index is -1.15. The Morgan fingerprint density at radius 3 is 2.63 bits per heavy atom. The number of carbonyl (C=O) groups is 1. The maximum Gasteiger partial charge on any atom is 0.257 e. The summed E-state index contributed by atoms with van der Waals surface area (Å²) in [5.74, 6) is -2.92. The molecular weight excluding hydrogens is 276 g/mol. The molecule has 0 atom stereocenters. The van der Waals surface area contributed by atoms with Crippen molar-refractivity contribution in [3.63, 3.8) is 0 Å². The highest BCUT2D eigenvalue weighted by Gasteiger charge is 2.14. The van der Waals surface area contributed by atoms with E-state index in [1.54, 1.807) is 0 Å². The van der Waals surface area contributed by atoms with Gasteiger partial charge < -0.3 is 11.1 Å². The monoisotopic (exact) mass is 283 g/mol. The number of benzene rings is 1. The molecule has 2 aromatic rings. The summed E-state index contributed by atoms with van der Waals surface area (Å²) in [7, 11) is 0. The number of hydrogen-bond donors (Lipinski definition) is 2. The van der Waals surface area contributed by atoms with Crippen LogP contribution in [0.5, 0.6) is 0 Å². The standard InChI is InChI=1S/C12H8ClF2N3O/c13-11-3-6(1-2-17-11)18-12(19)7-4-8(14)9(15)5-10(7)16/h1-5H,16H2,(H,17,18,19). The second-order valence-corrected chi connectivity index (χ2v) is 4.06. The highest BCUT2D eigenvalue weighted by atomic mass is 35.5. The first-order chi connectivity index (χ1) is 8.97. The molecule has 1 heterocycles. The van der Waals surface area contributed by atoms with Crippen molar-refractivity contribution in [2.75, 3.05) is 11.1 Å². The Kier molecular flexibility index (Phi) is 3.62. The lowest BCUT2D eigenvalue weighted by Crippen LogP contribution is -2.15. The maximum absolute atomic E-state index is 13.1. The highest BCUT2D eigenvalue weighted by molar-refractivity contribution is 6.29. The number of anilines is 2. The van der Waals surface area contributed by atoms with Gasteiger partial charge >= 0.3 is 0 Å². The Morgan fingerprint density at radius 2 is 1.95 bits per heavy atom. The summed E-state index contributed by atoms with van der Waals surface area (Å²) < 4.78 is 26.0. The van der Waals surface area contributed by atoms with Gasteiger partial charge in [-0.2, -0.15) is 0 Å². The van der Waals surface area contributed by atoms with Crippen LogP contribution in [0.4, 0.5) is 20.2 Å². The van der Waals surface area contributed by atoms with E-state index in [4.69, 9.17) is 17.3 Å². The largest absolute Gasteiger partial charge is 0.398 e. The topological polar surface area (TPSA) is 68.0 Å². The predicted octanol–water partition coefficient (Wildman–Crippen LogP) is 2.85. The molecule has 2 rings (SSSR count). The van der Waals surface area contributed by atoms with Gasteiger partial charge in [0.1, 0.15) is 5.15 Å². The van der Waals surface area contributed by atoms with Crippen molar-refractivity contribution in [3.05, 3.63) is 52.8 Å². The van der Waals surface area contributed by atoms with E-state index in [1.807, 2.05) is 0 Å². The van der Waals surface area contributed by atoms with Crippen LogP contribution in [0.25, 0.3) is 0 Å². The summed E-state index contributed by atoms with van der Waals surface area (Å²) in [6, 6.07) is 4.40. The smallest absolute Gasteiger partial charge is 0.257 e. The molecule has 7 heteroatoms. The molecule has 0 aliphatic carbocycles. The molecule has 1 aromatic carbocycles. The lowest BCUT2D eigenvalue weighted by molar-refractivity contribution is 0.102. The molecule has 0 bridgehead atoms. The van der Waals surface area contributed by atoms with Gasteiger partial charge in [0, 0.05) is 23.6 Å². The first-order valence-electron chi connectivity index (χ1n) is 5.15. The fourth-order valence-corrected chi connectivity index (χ4v) is 1.61. The number of halogens is 3. The number of nitrogens with one attached hydrogen (secondary N) is 1. The van der Waals surface area contributed by atoms with Crippen molar-refractivity contribution in [1.29, 1.82) is 0 Å². The normalized spacial score (nSPS) is 10.3. The summed E-state index contributed by atoms with van der Waals surface area (Å²) in [5.41, 5.74) is 5.52. The Balaban J connectivity index is 2.28. The van der Waals surface area contributed by atoms with Crippen LogP contribution in [-0.2, 0) is 0 Å². The quantitative estimate of drug-likeness (QED) is 0.658. The summed E-state index contributed by atoms with van der Waals surface area (Å²) >= 11 is 5.65. The van der Waals surface area contributed by atoms with Crippen LogP contribution in [0.15, 0.2) is 30.5 Å². The Labute approximate surface area is 112 Å². The third kappa shape index (κ3) is 2.97. The number of pyridine rings is 1. The van der Waals surface area contributed by atoms with Gasteiger partial charge in [-0.3, -0.25) is 4.79 Å². The van der Waals surface area contributed by atoms with E-state index < -0.39 is 17.5 Å². The lowest BCUT2D eigenvalue weighted by atomic mass is 10.1. The average Bonchev–Trinajstić information content (AvgIpc) is 2.33. The molecular formula is C12H8ClF2N3O. The Hall–Kier alpha value is -2.21. The van der Waals surface area contributed by atoms with Crippen molar-refractivity contribution in [2.45, 2.75) is 0 Å². The number of carbonyl (C=O) groups excluding carboxylic acids is 1. The summed E-state index contributed by atoms with van der Waals surface area (Å²) in [4.78, 5) is 15.6. The zero-order valence-electron chi connectivity index (χ0n) is 9.45. The third-order valence-corrected chi connectivity index (χ3v) is 2.53. The van der Waals surface area contributed by atoms with Crippen LogP contribution < -0.4 is 11.1 Å². The molecule has 0 saturated heterocycles. The van der Waals surface area contributed by atoms with Crippen molar-refractivity contribution in [2.24, 2.45) is 0 Å². The number of nitrogens with two attached hydrogens (primary N) is 1. The van der Waals surface area contributed by atoms with E-state index >= 15 is 0 Å². The van der Waals surface area contributed by atoms with Gasteiger partial charge in [-0.25, -0.2) is 13.8 Å². The van der Waals surface area contributed by atoms with E-state index in [9.17, 15) is 13.6 Å². The first kappa shape index (κ1) is 13.2. The molecule has 0 radical (unpaired) electrons. The molecule has 0 fully saturated rings. The van der Waals surface area contributed by atoms with Crippen LogP contribution in [-0.4, -0.2) is 10.9 Å². The van der Waals surface area contributed by atoms with Gasteiger partial charge in [-0.05, 0) is 18.2 Å². The van der Waals surface area contributed by atoms with E-state index in [0.717, 1.165) is 12.1 Å². The zero-order valence-corrected chi connectivity index (χ0v) is 10.2. The number of nitrogens with zero attached hydrogens (tertiary/aromatic N) is 1. The van der Waals surface area contributed by atoms with E-state index in [1.165, 1.54) is 18.3 Å². The number of hydrogen-bond acceptors (Lipinski definition) is 3. The fourth-order valence-electron chi connectivity index (χ4n) is 1.44. The first-order valence-corrected chi connectivity index (χ1v) is 5.52. The van der Waals surface area contributed by atoms with Gasteiger partial charge in [0.15, 0.2) is 11.6 Å². The molecule has 0 unspecified atom stereocenters. The van der Waals surface area contributed by atoms with Gasteiger partial charge in [-0.15, -0.1) is 0 Å². The van der Waals surface area contributed by atoms with Crippen LogP contribution in [0, 0.1) is 11.6 Å². The molecule has 19 heavy (non-hydrogen) atoms. The minimum Gasteiger partial charge on any atom is -0.398 e. The predicted molar refractivity (Wildman–Crippen MR) is 68.0 cm³/mol. The van der Waals surface area contributed by atoms with E-state index in [2.05, 4.69) is 10.3 Å². The average molecular weight is 284 g/mol. The highest BCUT2D eigenvalue weighted by Crippen LogP contribution is 2.19. The molecule has 1 amide bonds. The minimum absolute atomic E-state index is 0.156. The fraction of sp³-hybridized carbons (Fsp3) is 0. The summed E-state index contributed by atoms with van der Waals surface area (Å²) in [6.45, 7) is 0. The molecule has 98 valence electrons. The molecule has 0 aliphatic heterocycles. The van der Waals surface area contributed by atoms with Gasteiger partial charge in [0.05, 0.1) is 5.56 Å². The number of nitrogen functional groups attached to an aromatic ring is 1. The molecule has 3 N–H and O–H groups in total. The zero-order chi connectivity index (χ0) is 14.0. The maximum atomic E-state index is 13.1. The second-order valence-electron chi connectivity index (χ2n) is 3.67. The van der Waals surface area contributed by atoms with Gasteiger partial charge in [-0.1, -0.05) is 11.6 Å². The van der Waals surface area contributed by atoms with Crippen molar-refractivity contribution < 1.29 is 13.6 Å². The number of rotatable bonds is 2. The molecule has 0 saturated carbocycles. The summed E-state index contributed by atoms with van der Waals surface area (Å²) in [5, 5.41) is 2.64. The van der Waals surface area contributed by atoms with Crippen LogP contribution in [0.3, 0.4) is 0 Å². The number of aromatic nitrogens is 1. The third-order valence-electron chi connectivity index (χ3n) is 2.32. The van der Waals surface area contributed by atoms with Crippen LogP contribution >= 0.6 is 11.6 Å². The lowest BCUT2D eigenvalue weighted by Gasteiger charge is -2.08.